The Morgan fingerprint density at radius 1 is 0.769 bits per heavy atom. The molecule has 0 saturated heterocycles. The second-order valence-electron chi connectivity index (χ2n) is 5.19. The van der Waals surface area contributed by atoms with E-state index < -0.39 is 5.97 Å². The van der Waals surface area contributed by atoms with Gasteiger partial charge in [0.25, 0.3) is 0 Å². The molecule has 0 atom stereocenters. The lowest BCUT2D eigenvalue weighted by atomic mass is 10.0. The van der Waals surface area contributed by atoms with Crippen molar-refractivity contribution in [3.63, 3.8) is 0 Å². The van der Waals surface area contributed by atoms with Crippen molar-refractivity contribution in [3.8, 4) is 23.7 Å². The molecule has 0 aliphatic heterocycles. The van der Waals surface area contributed by atoms with Crippen molar-refractivity contribution in [2.75, 3.05) is 7.11 Å². The van der Waals surface area contributed by atoms with E-state index in [-0.39, 0.29) is 0 Å². The number of benzene rings is 1. The molecule has 0 N–H and O–H groups in total. The molecule has 0 fully saturated rings. The van der Waals surface area contributed by atoms with Crippen LogP contribution in [0.25, 0.3) is 0 Å². The van der Waals surface area contributed by atoms with Gasteiger partial charge in [-0.05, 0) is 36.4 Å². The molecule has 0 radical (unpaired) electrons. The highest BCUT2D eigenvalue weighted by Crippen LogP contribution is 2.15. The summed E-state index contributed by atoms with van der Waals surface area (Å²) in [7, 11) is 1.34. The number of hydrogen-bond donors (Lipinski definition) is 0. The van der Waals surface area contributed by atoms with E-state index in [4.69, 9.17) is 4.74 Å². The summed E-state index contributed by atoms with van der Waals surface area (Å²) >= 11 is 0. The van der Waals surface area contributed by atoms with Crippen molar-refractivity contribution in [2.24, 2.45) is 0 Å². The lowest BCUT2D eigenvalue weighted by Crippen LogP contribution is -2.07. The summed E-state index contributed by atoms with van der Waals surface area (Å²) < 4.78 is 4.93. The molecule has 0 saturated carbocycles. The number of hydrogen-bond acceptors (Lipinski definition) is 4. The fourth-order valence-corrected chi connectivity index (χ4v) is 2.23. The van der Waals surface area contributed by atoms with Crippen molar-refractivity contribution in [2.45, 2.75) is 0 Å². The van der Waals surface area contributed by atoms with Crippen LogP contribution in [0.4, 0.5) is 0 Å². The minimum absolute atomic E-state index is 0.359. The number of esters is 1. The maximum absolute atomic E-state index is 12.3. The van der Waals surface area contributed by atoms with Gasteiger partial charge in [-0.25, -0.2) is 4.79 Å². The number of pyridine rings is 2. The molecular formula is C22H14N2O2. The van der Waals surface area contributed by atoms with E-state index >= 15 is 0 Å². The fourth-order valence-electron chi connectivity index (χ4n) is 2.23. The Hall–Kier alpha value is -3.89. The minimum atomic E-state index is -0.469. The van der Waals surface area contributed by atoms with E-state index in [1.54, 1.807) is 61.2 Å². The number of methoxy groups -OCH3 is 1. The van der Waals surface area contributed by atoms with Gasteiger partial charge in [0, 0.05) is 47.0 Å². The molecular weight excluding hydrogens is 324 g/mol. The zero-order valence-corrected chi connectivity index (χ0v) is 14.1. The van der Waals surface area contributed by atoms with Crippen molar-refractivity contribution in [1.29, 1.82) is 0 Å². The van der Waals surface area contributed by atoms with Crippen LogP contribution in [0, 0.1) is 23.7 Å². The van der Waals surface area contributed by atoms with Crippen LogP contribution in [-0.4, -0.2) is 23.0 Å². The average molecular weight is 338 g/mol. The van der Waals surface area contributed by atoms with Gasteiger partial charge in [0.05, 0.1) is 12.7 Å². The third-order valence-electron chi connectivity index (χ3n) is 3.50. The molecule has 2 aromatic heterocycles. The normalized spacial score (nSPS) is 9.27. The largest absolute Gasteiger partial charge is 0.465 e. The van der Waals surface area contributed by atoms with Crippen molar-refractivity contribution >= 4 is 5.97 Å². The molecule has 0 amide bonds. The van der Waals surface area contributed by atoms with E-state index in [1.807, 2.05) is 6.07 Å². The highest BCUT2D eigenvalue weighted by atomic mass is 16.5. The first kappa shape index (κ1) is 17.0. The summed E-state index contributed by atoms with van der Waals surface area (Å²) in [5, 5.41) is 0. The van der Waals surface area contributed by atoms with Crippen LogP contribution in [0.2, 0.25) is 0 Å². The molecule has 4 nitrogen and oxygen atoms in total. The van der Waals surface area contributed by atoms with E-state index in [2.05, 4.69) is 33.6 Å². The summed E-state index contributed by atoms with van der Waals surface area (Å²) in [6, 6.07) is 12.6. The molecule has 0 aliphatic rings. The van der Waals surface area contributed by atoms with Gasteiger partial charge in [0.15, 0.2) is 0 Å². The topological polar surface area (TPSA) is 52.1 Å². The average Bonchev–Trinajstić information content (AvgIpc) is 2.71. The predicted octanol–water partition coefficient (Wildman–Crippen LogP) is 3.06. The second kappa shape index (κ2) is 8.28. The maximum Gasteiger partial charge on any atom is 0.340 e. The van der Waals surface area contributed by atoms with Gasteiger partial charge in [-0.2, -0.15) is 0 Å². The number of carbonyl (C=O) groups excluding carboxylic acids is 1. The third kappa shape index (κ3) is 4.14. The standard InChI is InChI=1S/C22H14N2O2/c1-26-22(25)21-19(7-5-17-9-13-23-14-10-17)3-2-4-20(21)8-6-18-11-15-24-16-12-18/h2-4,9-16H,1H3. The minimum Gasteiger partial charge on any atom is -0.465 e. The van der Waals surface area contributed by atoms with E-state index in [0.29, 0.717) is 16.7 Å². The Labute approximate surface area is 151 Å². The Balaban J connectivity index is 2.05. The van der Waals surface area contributed by atoms with E-state index in [0.717, 1.165) is 11.1 Å². The first-order valence-electron chi connectivity index (χ1n) is 7.83. The maximum atomic E-state index is 12.3. The molecule has 4 heteroatoms. The quantitative estimate of drug-likeness (QED) is 0.505. The van der Waals surface area contributed by atoms with Crippen molar-refractivity contribution in [3.05, 3.63) is 95.1 Å². The summed E-state index contributed by atoms with van der Waals surface area (Å²) in [6.45, 7) is 0. The molecule has 2 heterocycles. The lowest BCUT2D eigenvalue weighted by molar-refractivity contribution is 0.0600. The monoisotopic (exact) mass is 338 g/mol. The van der Waals surface area contributed by atoms with Gasteiger partial charge >= 0.3 is 5.97 Å². The Kier molecular flexibility index (Phi) is 5.40. The zero-order valence-electron chi connectivity index (χ0n) is 14.1. The Morgan fingerprint density at radius 2 is 1.23 bits per heavy atom. The third-order valence-corrected chi connectivity index (χ3v) is 3.50. The highest BCUT2D eigenvalue weighted by molar-refractivity contribution is 5.95. The smallest absolute Gasteiger partial charge is 0.340 e. The number of rotatable bonds is 1. The van der Waals surface area contributed by atoms with Gasteiger partial charge in [0.2, 0.25) is 0 Å². The summed E-state index contributed by atoms with van der Waals surface area (Å²) in [6.07, 6.45) is 6.67. The van der Waals surface area contributed by atoms with E-state index in [1.165, 1.54) is 7.11 Å². The van der Waals surface area contributed by atoms with Crippen LogP contribution in [-0.2, 0) is 4.74 Å². The molecule has 0 spiro atoms. The summed E-state index contributed by atoms with van der Waals surface area (Å²) in [5.41, 5.74) is 3.11. The number of aromatic nitrogens is 2. The van der Waals surface area contributed by atoms with Gasteiger partial charge in [-0.3, -0.25) is 9.97 Å². The van der Waals surface area contributed by atoms with Crippen LogP contribution >= 0.6 is 0 Å². The van der Waals surface area contributed by atoms with Gasteiger partial charge < -0.3 is 4.74 Å². The van der Waals surface area contributed by atoms with Crippen molar-refractivity contribution in [1.82, 2.24) is 9.97 Å². The van der Waals surface area contributed by atoms with Gasteiger partial charge in [-0.1, -0.05) is 29.7 Å². The molecule has 0 aliphatic carbocycles. The lowest BCUT2D eigenvalue weighted by Gasteiger charge is -2.05. The first-order valence-corrected chi connectivity index (χ1v) is 7.83. The fraction of sp³-hybridized carbons (Fsp3) is 0.0455. The summed E-state index contributed by atoms with van der Waals surface area (Å²) in [5.74, 6) is 11.6. The number of carbonyl (C=O) groups is 1. The van der Waals surface area contributed by atoms with Crippen LogP contribution in [0.5, 0.6) is 0 Å². The molecule has 0 bridgehead atoms. The van der Waals surface area contributed by atoms with Crippen LogP contribution < -0.4 is 0 Å². The Bertz CT molecular complexity index is 962. The molecule has 0 unspecified atom stereocenters. The Morgan fingerprint density at radius 3 is 1.65 bits per heavy atom. The first-order chi connectivity index (χ1) is 12.8. The molecule has 124 valence electrons. The van der Waals surface area contributed by atoms with Crippen LogP contribution in [0.3, 0.4) is 0 Å². The van der Waals surface area contributed by atoms with Crippen LogP contribution in [0.1, 0.15) is 32.6 Å². The predicted molar refractivity (Wildman–Crippen MR) is 98.2 cm³/mol. The molecule has 3 aromatic rings. The molecule has 26 heavy (non-hydrogen) atoms. The van der Waals surface area contributed by atoms with Gasteiger partial charge in [-0.15, -0.1) is 0 Å². The molecule has 3 rings (SSSR count). The van der Waals surface area contributed by atoms with Gasteiger partial charge in [0.1, 0.15) is 0 Å². The SMILES string of the molecule is COC(=O)c1c(C#Cc2ccncc2)cccc1C#Cc1ccncc1. The molecule has 1 aromatic carbocycles. The second-order valence-corrected chi connectivity index (χ2v) is 5.19. The zero-order chi connectivity index (χ0) is 18.2. The number of nitrogens with zero attached hydrogens (tertiary/aromatic N) is 2. The van der Waals surface area contributed by atoms with Crippen molar-refractivity contribution < 1.29 is 9.53 Å². The summed E-state index contributed by atoms with van der Waals surface area (Å²) in [4.78, 5) is 20.2. The highest BCUT2D eigenvalue weighted by Gasteiger charge is 2.14. The number of ether oxygens (including phenoxy) is 1. The van der Waals surface area contributed by atoms with Crippen LogP contribution in [0.15, 0.2) is 67.3 Å². The van der Waals surface area contributed by atoms with E-state index in [9.17, 15) is 4.79 Å².